The van der Waals surface area contributed by atoms with Crippen molar-refractivity contribution >= 4 is 37.9 Å². The van der Waals surface area contributed by atoms with Crippen molar-refractivity contribution in [3.63, 3.8) is 0 Å². The second-order valence-electron chi connectivity index (χ2n) is 3.06. The predicted octanol–water partition coefficient (Wildman–Crippen LogP) is 2.98. The van der Waals surface area contributed by atoms with E-state index in [4.69, 9.17) is 9.84 Å². The summed E-state index contributed by atoms with van der Waals surface area (Å²) in [5, 5.41) is 8.98. The number of rotatable bonds is 1. The number of hydrogen-bond acceptors (Lipinski definition) is 2. The molecule has 0 bridgehead atoms. The van der Waals surface area contributed by atoms with E-state index in [1.54, 1.807) is 0 Å². The molecule has 0 saturated carbocycles. The van der Waals surface area contributed by atoms with E-state index < -0.39 is 0 Å². The lowest BCUT2D eigenvalue weighted by atomic mass is 10.1. The second kappa shape index (κ2) is 4.04. The fourth-order valence-electron chi connectivity index (χ4n) is 1.36. The molecule has 1 heterocycles. The van der Waals surface area contributed by atoms with Gasteiger partial charge in [0.1, 0.15) is 12.4 Å². The molecular weight excluding hydrogens is 312 g/mol. The highest BCUT2D eigenvalue weighted by molar-refractivity contribution is 9.11. The molecule has 0 atom stereocenters. The van der Waals surface area contributed by atoms with E-state index in [1.807, 2.05) is 18.2 Å². The average Bonchev–Trinajstić information content (AvgIpc) is 2.16. The molecule has 2 rings (SSSR count). The standard InChI is InChI=1S/C10H8Br2O2/c11-8-2-7-1-6(4-13)5-14-10(7)9(12)3-8/h1-3,13H,4-5H2. The van der Waals surface area contributed by atoms with Gasteiger partial charge in [-0.15, -0.1) is 0 Å². The molecule has 0 spiro atoms. The lowest BCUT2D eigenvalue weighted by Gasteiger charge is -2.18. The van der Waals surface area contributed by atoms with Gasteiger partial charge in [-0.25, -0.2) is 0 Å². The SMILES string of the molecule is OCC1=Cc2cc(Br)cc(Br)c2OC1. The van der Waals surface area contributed by atoms with Crippen LogP contribution in [0.5, 0.6) is 5.75 Å². The summed E-state index contributed by atoms with van der Waals surface area (Å²) in [6, 6.07) is 3.91. The predicted molar refractivity (Wildman–Crippen MR) is 62.4 cm³/mol. The van der Waals surface area contributed by atoms with E-state index in [9.17, 15) is 0 Å². The van der Waals surface area contributed by atoms with Crippen LogP contribution in [0.1, 0.15) is 5.56 Å². The first-order valence-corrected chi connectivity index (χ1v) is 5.71. The van der Waals surface area contributed by atoms with Gasteiger partial charge in [-0.1, -0.05) is 15.9 Å². The molecule has 2 nitrogen and oxygen atoms in total. The molecule has 0 unspecified atom stereocenters. The number of ether oxygens (including phenoxy) is 1. The topological polar surface area (TPSA) is 29.5 Å². The summed E-state index contributed by atoms with van der Waals surface area (Å²) in [7, 11) is 0. The Hall–Kier alpha value is -0.320. The molecule has 0 aromatic heterocycles. The van der Waals surface area contributed by atoms with Gasteiger partial charge in [-0.05, 0) is 39.7 Å². The Morgan fingerprint density at radius 3 is 2.86 bits per heavy atom. The van der Waals surface area contributed by atoms with Crippen LogP contribution in [-0.4, -0.2) is 18.3 Å². The van der Waals surface area contributed by atoms with Gasteiger partial charge in [-0.3, -0.25) is 0 Å². The Balaban J connectivity index is 2.52. The Kier molecular flexibility index (Phi) is 2.95. The summed E-state index contributed by atoms with van der Waals surface area (Å²) in [6.45, 7) is 0.507. The zero-order valence-electron chi connectivity index (χ0n) is 7.26. The van der Waals surface area contributed by atoms with Crippen molar-refractivity contribution in [1.82, 2.24) is 0 Å². The van der Waals surface area contributed by atoms with Crippen molar-refractivity contribution in [2.45, 2.75) is 0 Å². The lowest BCUT2D eigenvalue weighted by molar-refractivity contribution is 0.284. The minimum Gasteiger partial charge on any atom is -0.487 e. The minimum atomic E-state index is 0.0452. The summed E-state index contributed by atoms with van der Waals surface area (Å²) in [6.07, 6.45) is 1.95. The van der Waals surface area contributed by atoms with Crippen LogP contribution in [-0.2, 0) is 0 Å². The minimum absolute atomic E-state index is 0.0452. The van der Waals surface area contributed by atoms with E-state index in [1.165, 1.54) is 0 Å². The van der Waals surface area contributed by atoms with Crippen LogP contribution >= 0.6 is 31.9 Å². The number of fused-ring (bicyclic) bond motifs is 1. The fraction of sp³-hybridized carbons (Fsp3) is 0.200. The molecule has 0 radical (unpaired) electrons. The van der Waals surface area contributed by atoms with Crippen molar-refractivity contribution in [2.24, 2.45) is 0 Å². The highest BCUT2D eigenvalue weighted by atomic mass is 79.9. The molecular formula is C10H8Br2O2. The Bertz CT molecular complexity index is 399. The van der Waals surface area contributed by atoms with Gasteiger partial charge in [0.05, 0.1) is 11.1 Å². The quantitative estimate of drug-likeness (QED) is 0.862. The van der Waals surface area contributed by atoms with E-state index in [2.05, 4.69) is 31.9 Å². The largest absolute Gasteiger partial charge is 0.487 e. The van der Waals surface area contributed by atoms with Crippen LogP contribution in [0.25, 0.3) is 6.08 Å². The van der Waals surface area contributed by atoms with Crippen molar-refractivity contribution < 1.29 is 9.84 Å². The van der Waals surface area contributed by atoms with E-state index >= 15 is 0 Å². The molecule has 74 valence electrons. The van der Waals surface area contributed by atoms with Crippen LogP contribution in [0.4, 0.5) is 0 Å². The lowest BCUT2D eigenvalue weighted by Crippen LogP contribution is -2.10. The molecule has 1 aromatic carbocycles. The molecule has 0 aliphatic carbocycles. The van der Waals surface area contributed by atoms with Crippen molar-refractivity contribution in [3.05, 3.63) is 32.2 Å². The van der Waals surface area contributed by atoms with Gasteiger partial charge in [0, 0.05) is 10.0 Å². The van der Waals surface area contributed by atoms with E-state index in [0.717, 1.165) is 25.8 Å². The molecule has 4 heteroatoms. The highest BCUT2D eigenvalue weighted by Crippen LogP contribution is 2.36. The van der Waals surface area contributed by atoms with Crippen LogP contribution in [0, 0.1) is 0 Å². The van der Waals surface area contributed by atoms with Crippen LogP contribution in [0.2, 0.25) is 0 Å². The van der Waals surface area contributed by atoms with E-state index in [-0.39, 0.29) is 6.61 Å². The molecule has 0 saturated heterocycles. The maximum Gasteiger partial charge on any atom is 0.141 e. The number of aliphatic hydroxyl groups excluding tert-OH is 1. The van der Waals surface area contributed by atoms with Crippen molar-refractivity contribution in [3.8, 4) is 5.75 Å². The van der Waals surface area contributed by atoms with Crippen molar-refractivity contribution in [1.29, 1.82) is 0 Å². The van der Waals surface area contributed by atoms with E-state index in [0.29, 0.717) is 6.61 Å². The third-order valence-electron chi connectivity index (χ3n) is 2.00. The molecule has 1 aliphatic rings. The Morgan fingerprint density at radius 2 is 2.14 bits per heavy atom. The normalized spacial score (nSPS) is 14.4. The first-order chi connectivity index (χ1) is 6.70. The van der Waals surface area contributed by atoms with Crippen LogP contribution in [0.3, 0.4) is 0 Å². The third-order valence-corrected chi connectivity index (χ3v) is 3.05. The maximum absolute atomic E-state index is 8.98. The summed E-state index contributed by atoms with van der Waals surface area (Å²) < 4.78 is 7.43. The monoisotopic (exact) mass is 318 g/mol. The number of hydrogen-bond donors (Lipinski definition) is 1. The first-order valence-electron chi connectivity index (χ1n) is 4.13. The second-order valence-corrected chi connectivity index (χ2v) is 4.83. The number of aliphatic hydroxyl groups is 1. The van der Waals surface area contributed by atoms with Gasteiger partial charge in [-0.2, -0.15) is 0 Å². The van der Waals surface area contributed by atoms with Gasteiger partial charge in [0.25, 0.3) is 0 Å². The Labute approximate surface area is 98.8 Å². The summed E-state index contributed by atoms with van der Waals surface area (Å²) in [5.41, 5.74) is 1.88. The zero-order chi connectivity index (χ0) is 10.1. The van der Waals surface area contributed by atoms with Gasteiger partial charge in [0.2, 0.25) is 0 Å². The first kappa shape index (κ1) is 10.2. The van der Waals surface area contributed by atoms with Crippen LogP contribution in [0.15, 0.2) is 26.7 Å². The van der Waals surface area contributed by atoms with Crippen molar-refractivity contribution in [2.75, 3.05) is 13.2 Å². The molecule has 1 aliphatic heterocycles. The average molecular weight is 320 g/mol. The third kappa shape index (κ3) is 1.87. The van der Waals surface area contributed by atoms with Crippen LogP contribution < -0.4 is 4.74 Å². The van der Waals surface area contributed by atoms with Gasteiger partial charge < -0.3 is 9.84 Å². The number of halogens is 2. The molecule has 14 heavy (non-hydrogen) atoms. The van der Waals surface area contributed by atoms with Gasteiger partial charge in [0.15, 0.2) is 0 Å². The molecule has 0 fully saturated rings. The highest BCUT2D eigenvalue weighted by Gasteiger charge is 2.14. The Morgan fingerprint density at radius 1 is 1.36 bits per heavy atom. The number of benzene rings is 1. The molecule has 0 amide bonds. The summed E-state index contributed by atoms with van der Waals surface area (Å²) in [4.78, 5) is 0. The molecule has 1 N–H and O–H groups in total. The van der Waals surface area contributed by atoms with Gasteiger partial charge >= 0.3 is 0 Å². The fourth-order valence-corrected chi connectivity index (χ4v) is 2.73. The maximum atomic E-state index is 8.98. The summed E-state index contributed by atoms with van der Waals surface area (Å²) in [5.74, 6) is 0.838. The summed E-state index contributed by atoms with van der Waals surface area (Å²) >= 11 is 6.83. The zero-order valence-corrected chi connectivity index (χ0v) is 10.4. The smallest absolute Gasteiger partial charge is 0.141 e. The molecule has 1 aromatic rings.